The lowest BCUT2D eigenvalue weighted by Gasteiger charge is -2.32. The number of carbonyl (C=O) groups is 1. The van der Waals surface area contributed by atoms with Gasteiger partial charge >= 0.3 is 0 Å². The second kappa shape index (κ2) is 7.85. The van der Waals surface area contributed by atoms with E-state index < -0.39 is 0 Å². The fraction of sp³-hybridized carbons (Fsp3) is 0.353. The molecule has 0 spiro atoms. The van der Waals surface area contributed by atoms with Gasteiger partial charge in [0.1, 0.15) is 12.7 Å². The van der Waals surface area contributed by atoms with E-state index in [1.54, 1.807) is 29.6 Å². The Morgan fingerprint density at radius 1 is 1.19 bits per heavy atom. The van der Waals surface area contributed by atoms with Crippen molar-refractivity contribution in [3.8, 4) is 5.82 Å². The average molecular weight is 365 g/mol. The number of nitrogens with zero attached hydrogens (tertiary/aromatic N) is 8. The lowest BCUT2D eigenvalue weighted by atomic mass is 9.97. The Morgan fingerprint density at radius 3 is 2.81 bits per heavy atom. The number of hydrogen-bond donors (Lipinski definition) is 1. The van der Waals surface area contributed by atoms with Gasteiger partial charge in [-0.05, 0) is 25.0 Å². The van der Waals surface area contributed by atoms with Crippen molar-refractivity contribution >= 4 is 11.7 Å². The van der Waals surface area contributed by atoms with Gasteiger partial charge in [0.05, 0.1) is 24.4 Å². The van der Waals surface area contributed by atoms with Crippen LogP contribution < -0.4 is 10.2 Å². The fourth-order valence-corrected chi connectivity index (χ4v) is 3.08. The molecule has 1 saturated heterocycles. The second-order valence-electron chi connectivity index (χ2n) is 6.29. The van der Waals surface area contributed by atoms with Gasteiger partial charge in [-0.2, -0.15) is 5.10 Å². The normalized spacial score (nSPS) is 16.9. The molecule has 138 valence electrons. The third-order valence-corrected chi connectivity index (χ3v) is 4.47. The van der Waals surface area contributed by atoms with Crippen LogP contribution in [0.2, 0.25) is 0 Å². The van der Waals surface area contributed by atoms with E-state index in [-0.39, 0.29) is 11.8 Å². The molecule has 1 unspecified atom stereocenters. The molecule has 0 aromatic carbocycles. The Bertz CT molecular complexity index is 867. The molecule has 1 aliphatic heterocycles. The summed E-state index contributed by atoms with van der Waals surface area (Å²) in [6.07, 6.45) is 9.68. The van der Waals surface area contributed by atoms with Gasteiger partial charge in [0.15, 0.2) is 11.6 Å². The summed E-state index contributed by atoms with van der Waals surface area (Å²) in [6.45, 7) is 1.85. The van der Waals surface area contributed by atoms with Crippen LogP contribution in [0.5, 0.6) is 0 Å². The molecule has 0 aliphatic carbocycles. The van der Waals surface area contributed by atoms with Crippen molar-refractivity contribution in [2.24, 2.45) is 5.92 Å². The summed E-state index contributed by atoms with van der Waals surface area (Å²) < 4.78 is 1.55. The molecular formula is C17H19N9O. The highest BCUT2D eigenvalue weighted by molar-refractivity contribution is 5.79. The number of rotatable bonds is 5. The lowest BCUT2D eigenvalue weighted by Crippen LogP contribution is -2.43. The third-order valence-electron chi connectivity index (χ3n) is 4.47. The van der Waals surface area contributed by atoms with Crippen molar-refractivity contribution in [1.82, 2.24) is 40.2 Å². The first kappa shape index (κ1) is 17.0. The van der Waals surface area contributed by atoms with Gasteiger partial charge in [-0.3, -0.25) is 14.8 Å². The number of carbonyl (C=O) groups excluding carboxylic acids is 1. The lowest BCUT2D eigenvalue weighted by molar-refractivity contribution is -0.125. The number of amides is 1. The van der Waals surface area contributed by atoms with Gasteiger partial charge in [-0.25, -0.2) is 9.67 Å². The zero-order valence-corrected chi connectivity index (χ0v) is 14.6. The van der Waals surface area contributed by atoms with E-state index in [0.717, 1.165) is 30.9 Å². The van der Waals surface area contributed by atoms with Crippen LogP contribution in [0, 0.1) is 5.92 Å². The van der Waals surface area contributed by atoms with Crippen LogP contribution in [0.1, 0.15) is 18.5 Å². The monoisotopic (exact) mass is 365 g/mol. The number of aromatic nitrogens is 7. The molecule has 10 nitrogen and oxygen atoms in total. The first-order valence-electron chi connectivity index (χ1n) is 8.76. The molecule has 0 radical (unpaired) electrons. The minimum Gasteiger partial charge on any atom is -0.354 e. The smallest absolute Gasteiger partial charge is 0.225 e. The van der Waals surface area contributed by atoms with Crippen LogP contribution in [0.15, 0.2) is 43.4 Å². The second-order valence-corrected chi connectivity index (χ2v) is 6.29. The molecule has 1 N–H and O–H groups in total. The molecule has 3 aromatic rings. The zero-order chi connectivity index (χ0) is 18.5. The first-order valence-corrected chi connectivity index (χ1v) is 8.76. The van der Waals surface area contributed by atoms with E-state index in [4.69, 9.17) is 0 Å². The molecule has 3 aromatic heterocycles. The van der Waals surface area contributed by atoms with Crippen molar-refractivity contribution in [2.75, 3.05) is 18.0 Å². The van der Waals surface area contributed by atoms with Gasteiger partial charge in [0, 0.05) is 25.5 Å². The van der Waals surface area contributed by atoms with Crippen molar-refractivity contribution in [3.63, 3.8) is 0 Å². The summed E-state index contributed by atoms with van der Waals surface area (Å²) in [5.41, 5.74) is 0.744. The highest BCUT2D eigenvalue weighted by Gasteiger charge is 2.26. The fourth-order valence-electron chi connectivity index (χ4n) is 3.08. The molecule has 1 aliphatic rings. The van der Waals surface area contributed by atoms with Crippen LogP contribution in [-0.4, -0.2) is 53.9 Å². The Hall–Kier alpha value is -3.43. The Balaban J connectivity index is 1.36. The van der Waals surface area contributed by atoms with Gasteiger partial charge < -0.3 is 10.2 Å². The van der Waals surface area contributed by atoms with Gasteiger partial charge in [0.2, 0.25) is 5.91 Å². The topological polar surface area (TPSA) is 115 Å². The van der Waals surface area contributed by atoms with Gasteiger partial charge in [-0.15, -0.1) is 10.2 Å². The minimum absolute atomic E-state index is 0.0255. The quantitative estimate of drug-likeness (QED) is 0.690. The SMILES string of the molecule is O=C(NCc1cnccn1)C1CCCN(c2ccc(-n3cncn3)nn2)C1. The van der Waals surface area contributed by atoms with Crippen LogP contribution in [-0.2, 0) is 11.3 Å². The maximum absolute atomic E-state index is 12.5. The van der Waals surface area contributed by atoms with Crippen molar-refractivity contribution in [1.29, 1.82) is 0 Å². The molecule has 1 fully saturated rings. The first-order chi connectivity index (χ1) is 13.3. The van der Waals surface area contributed by atoms with Crippen LogP contribution >= 0.6 is 0 Å². The highest BCUT2D eigenvalue weighted by atomic mass is 16.1. The molecule has 1 atom stereocenters. The Morgan fingerprint density at radius 2 is 2.07 bits per heavy atom. The molecule has 4 heterocycles. The van der Waals surface area contributed by atoms with E-state index in [9.17, 15) is 4.79 Å². The zero-order valence-electron chi connectivity index (χ0n) is 14.6. The number of anilines is 1. The summed E-state index contributed by atoms with van der Waals surface area (Å²) >= 11 is 0. The van der Waals surface area contributed by atoms with E-state index >= 15 is 0 Å². The van der Waals surface area contributed by atoms with Crippen molar-refractivity contribution < 1.29 is 4.79 Å². The molecule has 4 rings (SSSR count). The summed E-state index contributed by atoms with van der Waals surface area (Å²) in [4.78, 5) is 26.7. The highest BCUT2D eigenvalue weighted by Crippen LogP contribution is 2.21. The van der Waals surface area contributed by atoms with E-state index in [1.807, 2.05) is 12.1 Å². The molecule has 1 amide bonds. The van der Waals surface area contributed by atoms with Crippen molar-refractivity contribution in [2.45, 2.75) is 19.4 Å². The largest absolute Gasteiger partial charge is 0.354 e. The molecule has 27 heavy (non-hydrogen) atoms. The van der Waals surface area contributed by atoms with Crippen molar-refractivity contribution in [3.05, 3.63) is 49.1 Å². The molecule has 0 bridgehead atoms. The molecule has 0 saturated carbocycles. The predicted octanol–water partition coefficient (Wildman–Crippen LogP) is 0.380. The van der Waals surface area contributed by atoms with Crippen LogP contribution in [0.3, 0.4) is 0 Å². The summed E-state index contributed by atoms with van der Waals surface area (Å²) in [5.74, 6) is 1.29. The minimum atomic E-state index is -0.0905. The average Bonchev–Trinajstić information content (AvgIpc) is 3.28. The standard InChI is InChI=1S/C17H19N9O/c27-17(21-9-14-8-18-5-6-20-14)13-2-1-7-25(10-13)15-3-4-16(24-23-15)26-12-19-11-22-26/h3-6,8,11-13H,1-2,7,9-10H2,(H,21,27). The number of nitrogens with one attached hydrogen (secondary N) is 1. The van der Waals surface area contributed by atoms with Gasteiger partial charge in [-0.1, -0.05) is 0 Å². The Labute approximate surface area is 155 Å². The number of hydrogen-bond acceptors (Lipinski definition) is 8. The summed E-state index contributed by atoms with van der Waals surface area (Å²) in [5, 5.41) is 15.5. The van der Waals surface area contributed by atoms with Crippen LogP contribution in [0.4, 0.5) is 5.82 Å². The molecular weight excluding hydrogens is 346 g/mol. The maximum atomic E-state index is 12.5. The molecule has 10 heteroatoms. The maximum Gasteiger partial charge on any atom is 0.225 e. The van der Waals surface area contributed by atoms with Gasteiger partial charge in [0.25, 0.3) is 0 Å². The third kappa shape index (κ3) is 4.05. The Kier molecular flexibility index (Phi) is 4.95. The predicted molar refractivity (Wildman–Crippen MR) is 95.8 cm³/mol. The van der Waals surface area contributed by atoms with E-state index in [1.165, 1.54) is 6.33 Å². The summed E-state index contributed by atoms with van der Waals surface area (Å²) in [6, 6.07) is 3.73. The van der Waals surface area contributed by atoms with Crippen LogP contribution in [0.25, 0.3) is 5.82 Å². The summed E-state index contributed by atoms with van der Waals surface area (Å²) in [7, 11) is 0. The van der Waals surface area contributed by atoms with E-state index in [2.05, 4.69) is 40.5 Å². The number of piperidine rings is 1. The van der Waals surface area contributed by atoms with E-state index in [0.29, 0.717) is 18.9 Å².